The molecule has 1 aliphatic carbocycles. The minimum Gasteiger partial charge on any atom is -0.397 e. The van der Waals surface area contributed by atoms with Crippen LogP contribution >= 0.6 is 0 Å². The molecule has 1 aliphatic rings. The van der Waals surface area contributed by atoms with Gasteiger partial charge in [-0.05, 0) is 0 Å². The quantitative estimate of drug-likeness (QED) is 0.515. The Morgan fingerprint density at radius 1 is 1.42 bits per heavy atom. The van der Waals surface area contributed by atoms with E-state index in [-0.39, 0.29) is 11.3 Å². The molecule has 2 rings (SSSR count). The summed E-state index contributed by atoms with van der Waals surface area (Å²) in [4.78, 5) is 2.84. The number of rotatable bonds is 0. The van der Waals surface area contributed by atoms with Crippen molar-refractivity contribution in [1.29, 1.82) is 10.7 Å². The average Bonchev–Trinajstić information content (AvgIpc) is 2.58. The first kappa shape index (κ1) is 6.68. The zero-order chi connectivity index (χ0) is 8.72. The first-order chi connectivity index (χ1) is 5.75. The number of hydrogen-bond donors (Lipinski definition) is 3. The molecule has 4 nitrogen and oxygen atoms in total. The molecule has 58 valence electrons. The Morgan fingerprint density at radius 2 is 2.08 bits per heavy atom. The first-order valence-corrected chi connectivity index (χ1v) is 3.42. The average molecular weight is 158 g/mol. The molecule has 1 aromatic rings. The molecule has 0 fully saturated rings. The summed E-state index contributed by atoms with van der Waals surface area (Å²) < 4.78 is 0. The molecule has 0 saturated carbocycles. The van der Waals surface area contributed by atoms with Crippen LogP contribution in [0.1, 0.15) is 11.1 Å². The topological polar surface area (TPSA) is 89.4 Å². The second-order valence-corrected chi connectivity index (χ2v) is 2.56. The van der Waals surface area contributed by atoms with Crippen LogP contribution in [0.15, 0.2) is 18.0 Å². The van der Waals surface area contributed by atoms with Crippen molar-refractivity contribution >= 4 is 11.4 Å². The third-order valence-electron chi connectivity index (χ3n) is 1.94. The van der Waals surface area contributed by atoms with Crippen molar-refractivity contribution in [1.82, 2.24) is 4.98 Å². The summed E-state index contributed by atoms with van der Waals surface area (Å²) >= 11 is 0. The standard InChI is InChI=1S/C8H6N4/c9-1-4-7(10)5-2-12-3-6(5)8(4)11/h2-3,10,12H,11H2. The Labute approximate surface area is 68.8 Å². The number of allylic oxidation sites excluding steroid dienone is 1. The molecular weight excluding hydrogens is 152 g/mol. The fourth-order valence-corrected chi connectivity index (χ4v) is 1.31. The number of hydrogen-bond acceptors (Lipinski definition) is 3. The fourth-order valence-electron chi connectivity index (χ4n) is 1.31. The zero-order valence-electron chi connectivity index (χ0n) is 6.18. The van der Waals surface area contributed by atoms with Gasteiger partial charge in [0, 0.05) is 23.5 Å². The Hall–Kier alpha value is -2.02. The predicted octanol–water partition coefficient (Wildman–Crippen LogP) is 0.590. The van der Waals surface area contributed by atoms with Gasteiger partial charge in [-0.3, -0.25) is 5.41 Å². The van der Waals surface area contributed by atoms with E-state index in [2.05, 4.69) is 4.98 Å². The van der Waals surface area contributed by atoms with Gasteiger partial charge in [0.15, 0.2) is 0 Å². The molecule has 0 aliphatic heterocycles. The van der Waals surface area contributed by atoms with Crippen LogP contribution in [0.25, 0.3) is 5.70 Å². The lowest BCUT2D eigenvalue weighted by atomic mass is 10.2. The van der Waals surface area contributed by atoms with Gasteiger partial charge in [-0.2, -0.15) is 5.26 Å². The normalized spacial score (nSPS) is 14.8. The van der Waals surface area contributed by atoms with Crippen molar-refractivity contribution in [2.45, 2.75) is 0 Å². The molecular formula is C8H6N4. The van der Waals surface area contributed by atoms with Crippen LogP contribution in [-0.2, 0) is 0 Å². The van der Waals surface area contributed by atoms with Crippen LogP contribution in [0.3, 0.4) is 0 Å². The van der Waals surface area contributed by atoms with Crippen LogP contribution in [-0.4, -0.2) is 10.7 Å². The molecule has 1 heterocycles. The van der Waals surface area contributed by atoms with Crippen LogP contribution < -0.4 is 5.73 Å². The number of nitrogens with one attached hydrogen (secondary N) is 2. The van der Waals surface area contributed by atoms with E-state index in [1.807, 2.05) is 6.07 Å². The summed E-state index contributed by atoms with van der Waals surface area (Å²) in [6.45, 7) is 0. The number of nitriles is 1. The van der Waals surface area contributed by atoms with Crippen molar-refractivity contribution in [3.8, 4) is 6.07 Å². The highest BCUT2D eigenvalue weighted by Crippen LogP contribution is 2.28. The molecule has 0 aromatic carbocycles. The van der Waals surface area contributed by atoms with Gasteiger partial charge in [0.1, 0.15) is 11.6 Å². The molecule has 0 atom stereocenters. The van der Waals surface area contributed by atoms with Crippen LogP contribution in [0.4, 0.5) is 0 Å². The molecule has 0 radical (unpaired) electrons. The summed E-state index contributed by atoms with van der Waals surface area (Å²) in [5.41, 5.74) is 7.99. The van der Waals surface area contributed by atoms with Crippen LogP contribution in [0.2, 0.25) is 0 Å². The van der Waals surface area contributed by atoms with Gasteiger partial charge in [0.25, 0.3) is 0 Å². The van der Waals surface area contributed by atoms with E-state index in [9.17, 15) is 0 Å². The molecule has 0 amide bonds. The van der Waals surface area contributed by atoms with Crippen molar-refractivity contribution in [2.75, 3.05) is 0 Å². The van der Waals surface area contributed by atoms with E-state index >= 15 is 0 Å². The summed E-state index contributed by atoms with van der Waals surface area (Å²) in [6.07, 6.45) is 3.37. The maximum absolute atomic E-state index is 8.66. The van der Waals surface area contributed by atoms with Gasteiger partial charge in [0.05, 0.1) is 11.4 Å². The molecule has 12 heavy (non-hydrogen) atoms. The van der Waals surface area contributed by atoms with Crippen molar-refractivity contribution in [2.24, 2.45) is 5.73 Å². The number of fused-ring (bicyclic) bond motifs is 1. The van der Waals surface area contributed by atoms with Gasteiger partial charge in [0.2, 0.25) is 0 Å². The lowest BCUT2D eigenvalue weighted by Gasteiger charge is -1.90. The Bertz CT molecular complexity index is 430. The van der Waals surface area contributed by atoms with E-state index < -0.39 is 0 Å². The van der Waals surface area contributed by atoms with Crippen molar-refractivity contribution in [3.63, 3.8) is 0 Å². The second-order valence-electron chi connectivity index (χ2n) is 2.56. The molecule has 0 saturated heterocycles. The number of nitrogens with zero attached hydrogens (tertiary/aromatic N) is 1. The lowest BCUT2D eigenvalue weighted by Crippen LogP contribution is -1.98. The molecule has 0 bridgehead atoms. The van der Waals surface area contributed by atoms with E-state index in [4.69, 9.17) is 16.4 Å². The summed E-state index contributed by atoms with van der Waals surface area (Å²) in [5, 5.41) is 16.2. The largest absolute Gasteiger partial charge is 0.397 e. The van der Waals surface area contributed by atoms with Gasteiger partial charge >= 0.3 is 0 Å². The third-order valence-corrected chi connectivity index (χ3v) is 1.94. The minimum atomic E-state index is 0.214. The Morgan fingerprint density at radius 3 is 2.67 bits per heavy atom. The number of aromatic nitrogens is 1. The van der Waals surface area contributed by atoms with Gasteiger partial charge in [-0.15, -0.1) is 0 Å². The van der Waals surface area contributed by atoms with E-state index in [0.29, 0.717) is 11.3 Å². The molecule has 0 spiro atoms. The summed E-state index contributed by atoms with van der Waals surface area (Å²) in [7, 11) is 0. The lowest BCUT2D eigenvalue weighted by molar-refractivity contribution is 1.38. The minimum absolute atomic E-state index is 0.214. The van der Waals surface area contributed by atoms with E-state index in [1.165, 1.54) is 0 Å². The van der Waals surface area contributed by atoms with Crippen molar-refractivity contribution in [3.05, 3.63) is 29.1 Å². The van der Waals surface area contributed by atoms with Gasteiger partial charge in [-0.1, -0.05) is 0 Å². The Balaban J connectivity index is 2.73. The monoisotopic (exact) mass is 158 g/mol. The Kier molecular flexibility index (Phi) is 1.10. The second kappa shape index (κ2) is 1.98. The maximum atomic E-state index is 8.66. The smallest absolute Gasteiger partial charge is 0.104 e. The molecule has 4 heteroatoms. The highest BCUT2D eigenvalue weighted by atomic mass is 14.7. The van der Waals surface area contributed by atoms with E-state index in [1.54, 1.807) is 12.4 Å². The number of aromatic amines is 1. The third kappa shape index (κ3) is 0.576. The highest BCUT2D eigenvalue weighted by molar-refractivity contribution is 6.23. The fraction of sp³-hybridized carbons (Fsp3) is 0. The van der Waals surface area contributed by atoms with E-state index in [0.717, 1.165) is 5.56 Å². The molecule has 4 N–H and O–H groups in total. The summed E-state index contributed by atoms with van der Waals surface area (Å²) in [6, 6.07) is 1.91. The van der Waals surface area contributed by atoms with Gasteiger partial charge < -0.3 is 10.7 Å². The molecule has 0 unspecified atom stereocenters. The number of nitrogens with two attached hydrogens (primary N) is 1. The summed E-state index contributed by atoms with van der Waals surface area (Å²) in [5.74, 6) is 0. The zero-order valence-corrected chi connectivity index (χ0v) is 6.18. The maximum Gasteiger partial charge on any atom is 0.104 e. The van der Waals surface area contributed by atoms with Gasteiger partial charge in [-0.25, -0.2) is 0 Å². The predicted molar refractivity (Wildman–Crippen MR) is 44.3 cm³/mol. The van der Waals surface area contributed by atoms with Crippen molar-refractivity contribution < 1.29 is 0 Å². The van der Waals surface area contributed by atoms with Crippen LogP contribution in [0, 0.1) is 16.7 Å². The van der Waals surface area contributed by atoms with Crippen LogP contribution in [0.5, 0.6) is 0 Å². The highest BCUT2D eigenvalue weighted by Gasteiger charge is 2.25. The first-order valence-electron chi connectivity index (χ1n) is 3.42. The molecule has 1 aromatic heterocycles. The number of H-pyrrole nitrogens is 1. The SMILES string of the molecule is N#CC1=C(N)c2c[nH]cc2C1=N.